The van der Waals surface area contributed by atoms with Crippen LogP contribution in [-0.4, -0.2) is 61.1 Å². The molecule has 1 N–H and O–H groups in total. The standard InChI is InChI=1S/C25H30N4O3/c30-24(9-7-20-4-2-1-3-5-20)29-12-10-22(11-13-29)25(31)27-19-21-6-8-23(26-18-21)28-14-16-32-17-15-28/h1-9,18,22H,10-17,19H2,(H,27,31)/b9-7+. The molecule has 0 spiro atoms. The molecule has 3 heterocycles. The van der Waals surface area contributed by atoms with Gasteiger partial charge < -0.3 is 19.9 Å². The first-order valence-electron chi connectivity index (χ1n) is 11.3. The molecule has 1 aromatic heterocycles. The van der Waals surface area contributed by atoms with Crippen molar-refractivity contribution in [2.45, 2.75) is 19.4 Å². The zero-order valence-electron chi connectivity index (χ0n) is 18.3. The fourth-order valence-corrected chi connectivity index (χ4v) is 4.03. The molecule has 2 fully saturated rings. The van der Waals surface area contributed by atoms with Crippen molar-refractivity contribution in [1.82, 2.24) is 15.2 Å². The van der Waals surface area contributed by atoms with E-state index in [2.05, 4.69) is 15.2 Å². The van der Waals surface area contributed by atoms with E-state index >= 15 is 0 Å². The van der Waals surface area contributed by atoms with Crippen LogP contribution in [0.5, 0.6) is 0 Å². The lowest BCUT2D eigenvalue weighted by molar-refractivity contribution is -0.132. The summed E-state index contributed by atoms with van der Waals surface area (Å²) in [5.74, 6) is 0.938. The third kappa shape index (κ3) is 5.95. The zero-order valence-corrected chi connectivity index (χ0v) is 18.3. The smallest absolute Gasteiger partial charge is 0.246 e. The second-order valence-corrected chi connectivity index (χ2v) is 8.19. The highest BCUT2D eigenvalue weighted by Gasteiger charge is 2.26. The van der Waals surface area contributed by atoms with Gasteiger partial charge in [0.25, 0.3) is 0 Å². The maximum Gasteiger partial charge on any atom is 0.246 e. The Morgan fingerprint density at radius 1 is 1.03 bits per heavy atom. The molecular weight excluding hydrogens is 404 g/mol. The fraction of sp³-hybridized carbons (Fsp3) is 0.400. The maximum atomic E-state index is 12.6. The van der Waals surface area contributed by atoms with Gasteiger partial charge in [-0.15, -0.1) is 0 Å². The van der Waals surface area contributed by atoms with Crippen LogP contribution in [0.25, 0.3) is 6.08 Å². The molecule has 2 aromatic rings. The average Bonchev–Trinajstić information content (AvgIpc) is 2.87. The van der Waals surface area contributed by atoms with Crippen molar-refractivity contribution in [3.05, 3.63) is 65.9 Å². The molecule has 0 atom stereocenters. The van der Waals surface area contributed by atoms with Crippen molar-refractivity contribution in [3.8, 4) is 0 Å². The summed E-state index contributed by atoms with van der Waals surface area (Å²) in [6.45, 7) is 4.84. The van der Waals surface area contributed by atoms with Gasteiger partial charge in [-0.3, -0.25) is 9.59 Å². The highest BCUT2D eigenvalue weighted by atomic mass is 16.5. The minimum Gasteiger partial charge on any atom is -0.378 e. The number of benzene rings is 1. The molecule has 32 heavy (non-hydrogen) atoms. The average molecular weight is 435 g/mol. The molecule has 7 nitrogen and oxygen atoms in total. The zero-order chi connectivity index (χ0) is 22.2. The summed E-state index contributed by atoms with van der Waals surface area (Å²) in [4.78, 5) is 33.6. The fourth-order valence-electron chi connectivity index (χ4n) is 4.03. The molecule has 1 aromatic carbocycles. The Morgan fingerprint density at radius 2 is 1.78 bits per heavy atom. The van der Waals surface area contributed by atoms with Gasteiger partial charge in [-0.05, 0) is 36.1 Å². The number of rotatable bonds is 6. The van der Waals surface area contributed by atoms with E-state index in [1.807, 2.05) is 59.6 Å². The van der Waals surface area contributed by atoms with Crippen molar-refractivity contribution < 1.29 is 14.3 Å². The topological polar surface area (TPSA) is 74.8 Å². The van der Waals surface area contributed by atoms with Gasteiger partial charge in [-0.25, -0.2) is 4.98 Å². The van der Waals surface area contributed by atoms with Crippen LogP contribution in [0.2, 0.25) is 0 Å². The van der Waals surface area contributed by atoms with E-state index in [1.54, 1.807) is 6.08 Å². The van der Waals surface area contributed by atoms with Gasteiger partial charge in [0.05, 0.1) is 13.2 Å². The van der Waals surface area contributed by atoms with Crippen LogP contribution in [0.15, 0.2) is 54.7 Å². The SMILES string of the molecule is O=C(NCc1ccc(N2CCOCC2)nc1)C1CCN(C(=O)/C=C/c2ccccc2)CC1. The van der Waals surface area contributed by atoms with Gasteiger partial charge >= 0.3 is 0 Å². The number of carbonyl (C=O) groups is 2. The predicted octanol–water partition coefficient (Wildman–Crippen LogP) is 2.49. The Balaban J connectivity index is 1.20. The highest BCUT2D eigenvalue weighted by molar-refractivity contribution is 5.92. The Bertz CT molecular complexity index is 916. The quantitative estimate of drug-likeness (QED) is 0.707. The van der Waals surface area contributed by atoms with E-state index in [9.17, 15) is 9.59 Å². The summed E-state index contributed by atoms with van der Waals surface area (Å²) in [5, 5.41) is 3.03. The first-order chi connectivity index (χ1) is 15.7. The van der Waals surface area contributed by atoms with Crippen LogP contribution in [0.4, 0.5) is 5.82 Å². The number of nitrogens with zero attached hydrogens (tertiary/aromatic N) is 3. The number of hydrogen-bond acceptors (Lipinski definition) is 5. The molecule has 0 aliphatic carbocycles. The summed E-state index contributed by atoms with van der Waals surface area (Å²) in [6.07, 6.45) is 6.64. The van der Waals surface area contributed by atoms with Gasteiger partial charge in [0, 0.05) is 50.9 Å². The Labute approximate surface area is 189 Å². The Morgan fingerprint density at radius 3 is 2.47 bits per heavy atom. The second kappa shape index (κ2) is 10.9. The molecule has 2 amide bonds. The van der Waals surface area contributed by atoms with Crippen LogP contribution in [0.1, 0.15) is 24.0 Å². The number of anilines is 1. The molecule has 168 valence electrons. The monoisotopic (exact) mass is 434 g/mol. The molecular formula is C25H30N4O3. The largest absolute Gasteiger partial charge is 0.378 e. The van der Waals surface area contributed by atoms with Gasteiger partial charge in [0.15, 0.2) is 0 Å². The lowest BCUT2D eigenvalue weighted by Gasteiger charge is -2.30. The number of ether oxygens (including phenoxy) is 1. The van der Waals surface area contributed by atoms with Gasteiger partial charge in [0.1, 0.15) is 5.82 Å². The lowest BCUT2D eigenvalue weighted by Crippen LogP contribution is -2.42. The molecule has 0 saturated carbocycles. The molecule has 0 radical (unpaired) electrons. The molecule has 0 unspecified atom stereocenters. The van der Waals surface area contributed by atoms with E-state index in [0.717, 1.165) is 43.2 Å². The molecule has 2 aliphatic rings. The number of hydrogen-bond donors (Lipinski definition) is 1. The molecule has 2 saturated heterocycles. The number of nitrogens with one attached hydrogen (secondary N) is 1. The van der Waals surface area contributed by atoms with E-state index in [1.165, 1.54) is 0 Å². The third-order valence-corrected chi connectivity index (χ3v) is 6.01. The van der Waals surface area contributed by atoms with Crippen molar-refractivity contribution in [2.24, 2.45) is 5.92 Å². The van der Waals surface area contributed by atoms with E-state index in [0.29, 0.717) is 32.5 Å². The van der Waals surface area contributed by atoms with Crippen LogP contribution in [0, 0.1) is 5.92 Å². The summed E-state index contributed by atoms with van der Waals surface area (Å²) in [7, 11) is 0. The number of piperidine rings is 1. The first-order valence-corrected chi connectivity index (χ1v) is 11.3. The second-order valence-electron chi connectivity index (χ2n) is 8.19. The molecule has 2 aliphatic heterocycles. The summed E-state index contributed by atoms with van der Waals surface area (Å²) >= 11 is 0. The van der Waals surface area contributed by atoms with Gasteiger partial charge in [0.2, 0.25) is 11.8 Å². The highest BCUT2D eigenvalue weighted by Crippen LogP contribution is 2.19. The third-order valence-electron chi connectivity index (χ3n) is 6.01. The van der Waals surface area contributed by atoms with Crippen LogP contribution >= 0.6 is 0 Å². The minimum absolute atomic E-state index is 0.000793. The summed E-state index contributed by atoms with van der Waals surface area (Å²) < 4.78 is 5.38. The van der Waals surface area contributed by atoms with E-state index in [4.69, 9.17) is 4.74 Å². The number of pyridine rings is 1. The minimum atomic E-state index is -0.0577. The Hall–Kier alpha value is -3.19. The number of likely N-dealkylation sites (tertiary alicyclic amines) is 1. The van der Waals surface area contributed by atoms with Gasteiger partial charge in [-0.1, -0.05) is 36.4 Å². The Kier molecular flexibility index (Phi) is 7.51. The maximum absolute atomic E-state index is 12.6. The van der Waals surface area contributed by atoms with Crippen LogP contribution < -0.4 is 10.2 Å². The van der Waals surface area contributed by atoms with Crippen LogP contribution in [-0.2, 0) is 20.9 Å². The normalized spacial score (nSPS) is 17.5. The number of aromatic nitrogens is 1. The summed E-state index contributed by atoms with van der Waals surface area (Å²) in [5.41, 5.74) is 1.98. The van der Waals surface area contributed by atoms with Crippen molar-refractivity contribution in [3.63, 3.8) is 0 Å². The van der Waals surface area contributed by atoms with Crippen LogP contribution in [0.3, 0.4) is 0 Å². The number of morpholine rings is 1. The van der Waals surface area contributed by atoms with Crippen molar-refractivity contribution in [1.29, 1.82) is 0 Å². The van der Waals surface area contributed by atoms with Crippen molar-refractivity contribution in [2.75, 3.05) is 44.3 Å². The van der Waals surface area contributed by atoms with E-state index in [-0.39, 0.29) is 17.7 Å². The van der Waals surface area contributed by atoms with E-state index < -0.39 is 0 Å². The molecule has 0 bridgehead atoms. The van der Waals surface area contributed by atoms with Crippen molar-refractivity contribution >= 4 is 23.7 Å². The first kappa shape index (κ1) is 22.0. The lowest BCUT2D eigenvalue weighted by atomic mass is 9.95. The number of carbonyl (C=O) groups excluding carboxylic acids is 2. The molecule has 7 heteroatoms. The van der Waals surface area contributed by atoms with Gasteiger partial charge in [-0.2, -0.15) is 0 Å². The molecule has 4 rings (SSSR count). The number of amides is 2. The summed E-state index contributed by atoms with van der Waals surface area (Å²) in [6, 6.07) is 13.8. The predicted molar refractivity (Wildman–Crippen MR) is 124 cm³/mol.